The van der Waals surface area contributed by atoms with E-state index in [-0.39, 0.29) is 5.25 Å². The molecule has 20 heavy (non-hydrogen) atoms. The van der Waals surface area contributed by atoms with E-state index >= 15 is 0 Å². The van der Waals surface area contributed by atoms with Crippen molar-refractivity contribution >= 4 is 39.0 Å². The molecule has 0 spiro atoms. The van der Waals surface area contributed by atoms with Gasteiger partial charge in [-0.2, -0.15) is 13.2 Å². The second kappa shape index (κ2) is 6.46. The van der Waals surface area contributed by atoms with Gasteiger partial charge in [-0.15, -0.1) is 11.3 Å². The summed E-state index contributed by atoms with van der Waals surface area (Å²) in [5, 5.41) is 0.508. The summed E-state index contributed by atoms with van der Waals surface area (Å²) >= 11 is 6.29. The van der Waals surface area contributed by atoms with Gasteiger partial charge in [0.15, 0.2) is 0 Å². The maximum atomic E-state index is 12.4. The highest BCUT2D eigenvalue weighted by Crippen LogP contribution is 2.38. The highest BCUT2D eigenvalue weighted by molar-refractivity contribution is 9.11. The standard InChI is InChI=1S/C12H10BrF3N2S2/c13-10-3-2-8(19-10)9(5-17)20-11-4-1-7(6-18-11)12(14,15)16/h1-4,6,9H,5,17H2. The first-order valence-corrected chi connectivity index (χ1v) is 8.04. The second-order valence-corrected chi connectivity index (χ2v) is 7.58. The van der Waals surface area contributed by atoms with Crippen molar-refractivity contribution in [1.29, 1.82) is 0 Å². The van der Waals surface area contributed by atoms with Crippen LogP contribution in [0.15, 0.2) is 39.3 Å². The van der Waals surface area contributed by atoms with Crippen molar-refractivity contribution in [2.45, 2.75) is 16.5 Å². The van der Waals surface area contributed by atoms with Crippen LogP contribution < -0.4 is 5.73 Å². The van der Waals surface area contributed by atoms with E-state index in [2.05, 4.69) is 20.9 Å². The van der Waals surface area contributed by atoms with Gasteiger partial charge in [0.05, 0.1) is 19.6 Å². The molecule has 0 amide bonds. The molecule has 2 rings (SSSR count). The minimum absolute atomic E-state index is 0.0180. The van der Waals surface area contributed by atoms with E-state index in [0.717, 1.165) is 20.9 Å². The summed E-state index contributed by atoms with van der Waals surface area (Å²) in [7, 11) is 0. The number of thiophene rings is 1. The zero-order valence-corrected chi connectivity index (χ0v) is 13.2. The lowest BCUT2D eigenvalue weighted by molar-refractivity contribution is -0.137. The van der Waals surface area contributed by atoms with Crippen LogP contribution in [0.4, 0.5) is 13.2 Å². The van der Waals surface area contributed by atoms with Crippen LogP contribution in [-0.2, 0) is 6.18 Å². The van der Waals surface area contributed by atoms with Crippen molar-refractivity contribution in [1.82, 2.24) is 4.98 Å². The molecular weight excluding hydrogens is 373 g/mol. The Kier molecular flexibility index (Phi) is 5.11. The van der Waals surface area contributed by atoms with Gasteiger partial charge in [-0.3, -0.25) is 0 Å². The molecule has 0 fully saturated rings. The minimum Gasteiger partial charge on any atom is -0.329 e. The molecule has 0 aliphatic rings. The number of thioether (sulfide) groups is 1. The van der Waals surface area contributed by atoms with Gasteiger partial charge in [0.1, 0.15) is 0 Å². The average molecular weight is 383 g/mol. The normalized spacial score (nSPS) is 13.4. The first-order chi connectivity index (χ1) is 9.40. The third-order valence-electron chi connectivity index (χ3n) is 2.45. The number of nitrogens with zero attached hydrogens (tertiary/aromatic N) is 1. The Labute approximate surface area is 130 Å². The molecule has 0 radical (unpaired) electrons. The van der Waals surface area contributed by atoms with Crippen LogP contribution in [-0.4, -0.2) is 11.5 Å². The number of nitrogens with two attached hydrogens (primary N) is 1. The maximum Gasteiger partial charge on any atom is 0.417 e. The quantitative estimate of drug-likeness (QED) is 0.777. The van der Waals surface area contributed by atoms with Crippen molar-refractivity contribution in [3.8, 4) is 0 Å². The van der Waals surface area contributed by atoms with Gasteiger partial charge in [-0.05, 0) is 40.2 Å². The maximum absolute atomic E-state index is 12.4. The van der Waals surface area contributed by atoms with Crippen LogP contribution >= 0.6 is 39.0 Å². The van der Waals surface area contributed by atoms with Crippen LogP contribution in [0.25, 0.3) is 0 Å². The fourth-order valence-electron chi connectivity index (χ4n) is 1.49. The number of pyridine rings is 1. The molecule has 108 valence electrons. The fourth-order valence-corrected chi connectivity index (χ4v) is 4.04. The Morgan fingerprint density at radius 1 is 1.30 bits per heavy atom. The smallest absolute Gasteiger partial charge is 0.329 e. The number of hydrogen-bond acceptors (Lipinski definition) is 4. The molecule has 8 heteroatoms. The highest BCUT2D eigenvalue weighted by atomic mass is 79.9. The van der Waals surface area contributed by atoms with E-state index in [9.17, 15) is 13.2 Å². The van der Waals surface area contributed by atoms with Crippen LogP contribution in [0.3, 0.4) is 0 Å². The number of aromatic nitrogens is 1. The summed E-state index contributed by atoms with van der Waals surface area (Å²) < 4.78 is 38.3. The average Bonchev–Trinajstić information content (AvgIpc) is 2.82. The molecule has 2 N–H and O–H groups in total. The Bertz CT molecular complexity index is 569. The van der Waals surface area contributed by atoms with Gasteiger partial charge in [0.25, 0.3) is 0 Å². The Hall–Kier alpha value is -0.570. The van der Waals surface area contributed by atoms with Crippen molar-refractivity contribution in [2.24, 2.45) is 5.73 Å². The fraction of sp³-hybridized carbons (Fsp3) is 0.250. The summed E-state index contributed by atoms with van der Waals surface area (Å²) in [5.41, 5.74) is 4.98. The zero-order chi connectivity index (χ0) is 14.8. The van der Waals surface area contributed by atoms with E-state index in [1.165, 1.54) is 17.8 Å². The van der Waals surface area contributed by atoms with E-state index in [0.29, 0.717) is 11.6 Å². The second-order valence-electron chi connectivity index (χ2n) is 3.87. The van der Waals surface area contributed by atoms with Gasteiger partial charge in [-0.1, -0.05) is 11.8 Å². The summed E-state index contributed by atoms with van der Waals surface area (Å²) in [6.07, 6.45) is -3.51. The molecule has 0 aliphatic carbocycles. The van der Waals surface area contributed by atoms with Gasteiger partial charge >= 0.3 is 6.18 Å². The van der Waals surface area contributed by atoms with Crippen molar-refractivity contribution < 1.29 is 13.2 Å². The number of halogens is 4. The van der Waals surface area contributed by atoms with E-state index < -0.39 is 11.7 Å². The molecule has 2 aromatic rings. The molecule has 2 nitrogen and oxygen atoms in total. The monoisotopic (exact) mass is 382 g/mol. The number of hydrogen-bond donors (Lipinski definition) is 1. The summed E-state index contributed by atoms with van der Waals surface area (Å²) in [6, 6.07) is 6.28. The highest BCUT2D eigenvalue weighted by Gasteiger charge is 2.30. The van der Waals surface area contributed by atoms with Gasteiger partial charge in [0, 0.05) is 17.6 Å². The molecule has 1 unspecified atom stereocenters. The lowest BCUT2D eigenvalue weighted by Gasteiger charge is -2.12. The Balaban J connectivity index is 2.12. The zero-order valence-electron chi connectivity index (χ0n) is 10.0. The summed E-state index contributed by atoms with van der Waals surface area (Å²) in [4.78, 5) is 4.91. The Morgan fingerprint density at radius 2 is 2.05 bits per heavy atom. The van der Waals surface area contributed by atoms with Crippen LogP contribution in [0.5, 0.6) is 0 Å². The number of rotatable bonds is 4. The first kappa shape index (κ1) is 15.8. The summed E-state index contributed by atoms with van der Waals surface area (Å²) in [5.74, 6) is 0. The van der Waals surface area contributed by atoms with Crippen LogP contribution in [0.2, 0.25) is 0 Å². The molecule has 0 saturated carbocycles. The van der Waals surface area contributed by atoms with Crippen molar-refractivity contribution in [3.05, 3.63) is 44.7 Å². The summed E-state index contributed by atoms with van der Waals surface area (Å²) in [6.45, 7) is 0.389. The third-order valence-corrected chi connectivity index (χ3v) is 5.55. The van der Waals surface area contributed by atoms with Gasteiger partial charge < -0.3 is 5.73 Å². The van der Waals surface area contributed by atoms with E-state index in [4.69, 9.17) is 5.73 Å². The third kappa shape index (κ3) is 3.97. The SMILES string of the molecule is NCC(Sc1ccc(C(F)(F)F)cn1)c1ccc(Br)s1. The van der Waals surface area contributed by atoms with E-state index in [1.54, 1.807) is 11.3 Å². The van der Waals surface area contributed by atoms with Gasteiger partial charge in [0.2, 0.25) is 0 Å². The molecular formula is C12H10BrF3N2S2. The topological polar surface area (TPSA) is 38.9 Å². The van der Waals surface area contributed by atoms with E-state index in [1.807, 2.05) is 12.1 Å². The molecule has 0 saturated heterocycles. The minimum atomic E-state index is -4.36. The predicted octanol–water partition coefficient (Wildman–Crippen LogP) is 4.72. The molecule has 0 aromatic carbocycles. The largest absolute Gasteiger partial charge is 0.417 e. The van der Waals surface area contributed by atoms with Crippen molar-refractivity contribution in [2.75, 3.05) is 6.54 Å². The molecule has 1 atom stereocenters. The molecule has 0 aliphatic heterocycles. The molecule has 2 aromatic heterocycles. The lowest BCUT2D eigenvalue weighted by atomic mass is 10.3. The molecule has 0 bridgehead atoms. The lowest BCUT2D eigenvalue weighted by Crippen LogP contribution is -2.09. The van der Waals surface area contributed by atoms with Crippen molar-refractivity contribution in [3.63, 3.8) is 0 Å². The van der Waals surface area contributed by atoms with Gasteiger partial charge in [-0.25, -0.2) is 4.98 Å². The first-order valence-electron chi connectivity index (χ1n) is 5.55. The Morgan fingerprint density at radius 3 is 2.50 bits per heavy atom. The van der Waals surface area contributed by atoms with Crippen LogP contribution in [0, 0.1) is 0 Å². The number of alkyl halides is 3. The predicted molar refractivity (Wildman–Crippen MR) is 78.9 cm³/mol. The molecule has 2 heterocycles. The van der Waals surface area contributed by atoms with Crippen LogP contribution in [0.1, 0.15) is 15.7 Å².